The first-order valence-electron chi connectivity index (χ1n) is 7.14. The molecular formula is C16H26O. The lowest BCUT2D eigenvalue weighted by atomic mass is 10.0. The maximum absolute atomic E-state index is 11.6. The molecule has 0 saturated heterocycles. The monoisotopic (exact) mass is 234 g/mol. The van der Waals surface area contributed by atoms with Gasteiger partial charge in [0, 0.05) is 6.42 Å². The van der Waals surface area contributed by atoms with Gasteiger partial charge in [-0.3, -0.25) is 4.79 Å². The fraction of sp³-hybridized carbons (Fsp3) is 0.688. The summed E-state index contributed by atoms with van der Waals surface area (Å²) in [6.07, 6.45) is 18.0. The van der Waals surface area contributed by atoms with Crippen LogP contribution >= 0.6 is 0 Å². The molecule has 0 aliphatic heterocycles. The largest absolute Gasteiger partial charge is 0.295 e. The molecule has 0 saturated carbocycles. The Morgan fingerprint density at radius 3 is 2.06 bits per heavy atom. The first-order valence-corrected chi connectivity index (χ1v) is 7.14. The highest BCUT2D eigenvalue weighted by Gasteiger charge is 2.00. The van der Waals surface area contributed by atoms with E-state index in [2.05, 4.69) is 19.1 Å². The molecule has 0 amide bonds. The molecular weight excluding hydrogens is 208 g/mol. The third-order valence-corrected chi connectivity index (χ3v) is 3.31. The van der Waals surface area contributed by atoms with Crippen molar-refractivity contribution >= 4 is 5.78 Å². The van der Waals surface area contributed by atoms with E-state index < -0.39 is 0 Å². The van der Waals surface area contributed by atoms with Crippen molar-refractivity contribution in [2.75, 3.05) is 0 Å². The average Bonchev–Trinajstić information content (AvgIpc) is 2.30. The van der Waals surface area contributed by atoms with Crippen LogP contribution in [0.2, 0.25) is 0 Å². The van der Waals surface area contributed by atoms with Crippen molar-refractivity contribution in [2.24, 2.45) is 0 Å². The van der Waals surface area contributed by atoms with Crippen LogP contribution in [0.3, 0.4) is 0 Å². The Kier molecular flexibility index (Phi) is 7.70. The highest BCUT2D eigenvalue weighted by atomic mass is 16.1. The predicted octanol–water partition coefficient (Wildman–Crippen LogP) is 4.97. The Balaban J connectivity index is 2.39. The van der Waals surface area contributed by atoms with Crippen molar-refractivity contribution in [1.82, 2.24) is 0 Å². The van der Waals surface area contributed by atoms with Gasteiger partial charge in [0.05, 0.1) is 0 Å². The average molecular weight is 234 g/mol. The second kappa shape index (κ2) is 9.21. The molecule has 0 aromatic carbocycles. The molecule has 0 unspecified atom stereocenters. The normalized spacial score (nSPS) is 21.5. The number of hydrogen-bond donors (Lipinski definition) is 0. The van der Waals surface area contributed by atoms with Crippen LogP contribution in [0.1, 0.15) is 71.1 Å². The molecule has 0 heterocycles. The van der Waals surface area contributed by atoms with Gasteiger partial charge in [-0.1, -0.05) is 30.6 Å². The van der Waals surface area contributed by atoms with Gasteiger partial charge in [-0.2, -0.15) is 0 Å². The zero-order chi connectivity index (χ0) is 12.3. The molecule has 1 heteroatoms. The summed E-state index contributed by atoms with van der Waals surface area (Å²) in [5.41, 5.74) is 1.26. The lowest BCUT2D eigenvalue weighted by Gasteiger charge is -2.01. The summed E-state index contributed by atoms with van der Waals surface area (Å²) in [5, 5.41) is 0. The topological polar surface area (TPSA) is 17.1 Å². The number of hydrogen-bond acceptors (Lipinski definition) is 1. The van der Waals surface area contributed by atoms with Gasteiger partial charge >= 0.3 is 0 Å². The van der Waals surface area contributed by atoms with Crippen molar-refractivity contribution in [3.63, 3.8) is 0 Å². The van der Waals surface area contributed by atoms with E-state index in [0.717, 1.165) is 19.3 Å². The van der Waals surface area contributed by atoms with Crippen molar-refractivity contribution in [2.45, 2.75) is 71.1 Å². The zero-order valence-electron chi connectivity index (χ0n) is 11.2. The highest BCUT2D eigenvalue weighted by molar-refractivity contribution is 5.90. The van der Waals surface area contributed by atoms with E-state index in [0.29, 0.717) is 5.78 Å². The van der Waals surface area contributed by atoms with Crippen molar-refractivity contribution in [3.8, 4) is 0 Å². The SMILES string of the molecule is CC1=CC(=O)CCCCCC=CCCCCC1. The maximum atomic E-state index is 11.6. The summed E-state index contributed by atoms with van der Waals surface area (Å²) in [6, 6.07) is 0. The molecule has 0 fully saturated rings. The number of carbonyl (C=O) groups is 1. The lowest BCUT2D eigenvalue weighted by Crippen LogP contribution is -1.94. The van der Waals surface area contributed by atoms with E-state index in [1.165, 1.54) is 50.5 Å². The van der Waals surface area contributed by atoms with Crippen LogP contribution < -0.4 is 0 Å². The van der Waals surface area contributed by atoms with E-state index in [1.807, 2.05) is 6.08 Å². The highest BCUT2D eigenvalue weighted by Crippen LogP contribution is 2.12. The minimum Gasteiger partial charge on any atom is -0.295 e. The molecule has 17 heavy (non-hydrogen) atoms. The van der Waals surface area contributed by atoms with Crippen LogP contribution in [-0.4, -0.2) is 5.78 Å². The fourth-order valence-electron chi connectivity index (χ4n) is 2.24. The van der Waals surface area contributed by atoms with Crippen molar-refractivity contribution in [1.29, 1.82) is 0 Å². The van der Waals surface area contributed by atoms with Crippen LogP contribution in [0, 0.1) is 0 Å². The van der Waals surface area contributed by atoms with Crippen molar-refractivity contribution in [3.05, 3.63) is 23.8 Å². The summed E-state index contributed by atoms with van der Waals surface area (Å²) < 4.78 is 0. The Morgan fingerprint density at radius 1 is 0.824 bits per heavy atom. The van der Waals surface area contributed by atoms with Gasteiger partial charge in [0.1, 0.15) is 0 Å². The third kappa shape index (κ3) is 7.95. The van der Waals surface area contributed by atoms with Gasteiger partial charge in [0.2, 0.25) is 0 Å². The summed E-state index contributed by atoms with van der Waals surface area (Å²) in [5.74, 6) is 0.327. The first kappa shape index (κ1) is 14.2. The molecule has 0 aromatic rings. The Bertz CT molecular complexity index is 273. The molecule has 0 aromatic heterocycles. The smallest absolute Gasteiger partial charge is 0.155 e. The minimum absolute atomic E-state index is 0.327. The Hall–Kier alpha value is -0.850. The van der Waals surface area contributed by atoms with Crippen LogP contribution in [0.15, 0.2) is 23.8 Å². The van der Waals surface area contributed by atoms with E-state index in [9.17, 15) is 4.79 Å². The van der Waals surface area contributed by atoms with Crippen LogP contribution in [0.5, 0.6) is 0 Å². The maximum Gasteiger partial charge on any atom is 0.155 e. The fourth-order valence-corrected chi connectivity index (χ4v) is 2.24. The summed E-state index contributed by atoms with van der Waals surface area (Å²) in [7, 11) is 0. The molecule has 0 bridgehead atoms. The van der Waals surface area contributed by atoms with Gasteiger partial charge in [-0.25, -0.2) is 0 Å². The molecule has 1 nitrogen and oxygen atoms in total. The van der Waals surface area contributed by atoms with Gasteiger partial charge in [0.25, 0.3) is 0 Å². The molecule has 96 valence electrons. The van der Waals surface area contributed by atoms with Gasteiger partial charge in [0.15, 0.2) is 5.78 Å². The number of rotatable bonds is 0. The minimum atomic E-state index is 0.327. The van der Waals surface area contributed by atoms with Crippen molar-refractivity contribution < 1.29 is 4.79 Å². The van der Waals surface area contributed by atoms with Gasteiger partial charge in [-0.15, -0.1) is 0 Å². The molecule has 0 N–H and O–H groups in total. The van der Waals surface area contributed by atoms with Crippen LogP contribution in [0.4, 0.5) is 0 Å². The second-order valence-electron chi connectivity index (χ2n) is 5.13. The van der Waals surface area contributed by atoms with E-state index in [1.54, 1.807) is 0 Å². The third-order valence-electron chi connectivity index (χ3n) is 3.31. The zero-order valence-corrected chi connectivity index (χ0v) is 11.2. The molecule has 0 atom stereocenters. The Labute approximate surface area is 106 Å². The molecule has 1 aliphatic carbocycles. The van der Waals surface area contributed by atoms with Gasteiger partial charge in [-0.05, 0) is 57.9 Å². The quantitative estimate of drug-likeness (QED) is 0.541. The van der Waals surface area contributed by atoms with E-state index in [-0.39, 0.29) is 0 Å². The summed E-state index contributed by atoms with van der Waals surface area (Å²) in [6.45, 7) is 2.09. The molecule has 1 aliphatic rings. The predicted molar refractivity (Wildman–Crippen MR) is 74.1 cm³/mol. The number of ketones is 1. The first-order chi connectivity index (χ1) is 8.29. The molecule has 0 radical (unpaired) electrons. The van der Waals surface area contributed by atoms with Gasteiger partial charge < -0.3 is 0 Å². The van der Waals surface area contributed by atoms with E-state index in [4.69, 9.17) is 0 Å². The molecule has 0 spiro atoms. The molecule has 1 rings (SSSR count). The second-order valence-corrected chi connectivity index (χ2v) is 5.13. The standard InChI is InChI=1S/C16H26O/c1-15-12-10-8-6-4-2-3-5-7-9-11-13-16(17)14-15/h2-3,14H,4-13H2,1H3. The number of allylic oxidation sites excluding steroid dienone is 4. The lowest BCUT2D eigenvalue weighted by molar-refractivity contribution is -0.114. The van der Waals surface area contributed by atoms with Crippen LogP contribution in [-0.2, 0) is 4.79 Å². The summed E-state index contributed by atoms with van der Waals surface area (Å²) >= 11 is 0. The van der Waals surface area contributed by atoms with E-state index >= 15 is 0 Å². The van der Waals surface area contributed by atoms with Crippen LogP contribution in [0.25, 0.3) is 0 Å². The number of carbonyl (C=O) groups excluding carboxylic acids is 1. The Morgan fingerprint density at radius 2 is 1.41 bits per heavy atom. The summed E-state index contributed by atoms with van der Waals surface area (Å²) in [4.78, 5) is 11.6.